The predicted molar refractivity (Wildman–Crippen MR) is 79.2 cm³/mol. The summed E-state index contributed by atoms with van der Waals surface area (Å²) in [5, 5.41) is 13.5. The van der Waals surface area contributed by atoms with E-state index in [0.29, 0.717) is 5.75 Å². The highest BCUT2D eigenvalue weighted by molar-refractivity contribution is 5.41. The van der Waals surface area contributed by atoms with Crippen LogP contribution in [0.2, 0.25) is 0 Å². The summed E-state index contributed by atoms with van der Waals surface area (Å²) in [5.41, 5.74) is 1.15. The van der Waals surface area contributed by atoms with Crippen molar-refractivity contribution in [2.24, 2.45) is 5.41 Å². The van der Waals surface area contributed by atoms with Crippen LogP contribution in [0.3, 0.4) is 0 Å². The van der Waals surface area contributed by atoms with Gasteiger partial charge in [-0.15, -0.1) is 0 Å². The predicted octanol–water partition coefficient (Wildman–Crippen LogP) is 2.87. The summed E-state index contributed by atoms with van der Waals surface area (Å²) >= 11 is 0. The van der Waals surface area contributed by atoms with Gasteiger partial charge < -0.3 is 19.9 Å². The maximum atomic E-state index is 9.99. The highest BCUT2D eigenvalue weighted by atomic mass is 16.5. The molecule has 0 radical (unpaired) electrons. The van der Waals surface area contributed by atoms with Gasteiger partial charge in [-0.3, -0.25) is 0 Å². The Morgan fingerprint density at radius 1 is 1.40 bits per heavy atom. The van der Waals surface area contributed by atoms with Crippen molar-refractivity contribution in [3.05, 3.63) is 23.8 Å². The van der Waals surface area contributed by atoms with Crippen molar-refractivity contribution >= 4 is 0 Å². The number of aromatic hydroxyl groups is 1. The summed E-state index contributed by atoms with van der Waals surface area (Å²) in [6, 6.07) is 5.43. The molecule has 0 saturated carbocycles. The molecule has 112 valence electrons. The summed E-state index contributed by atoms with van der Waals surface area (Å²) in [6.07, 6.45) is 2.16. The zero-order chi connectivity index (χ0) is 14.6. The van der Waals surface area contributed by atoms with Gasteiger partial charge in [0, 0.05) is 31.4 Å². The molecule has 1 aromatic rings. The van der Waals surface area contributed by atoms with Gasteiger partial charge >= 0.3 is 0 Å². The normalized spacial score (nSPS) is 19.6. The van der Waals surface area contributed by atoms with Gasteiger partial charge in [0.15, 0.2) is 0 Å². The Morgan fingerprint density at radius 3 is 2.75 bits per heavy atom. The number of hydrogen-bond donors (Lipinski definition) is 2. The molecule has 1 heterocycles. The van der Waals surface area contributed by atoms with E-state index in [0.717, 1.165) is 43.9 Å². The molecule has 1 saturated heterocycles. The molecular weight excluding hydrogens is 254 g/mol. The minimum absolute atomic E-state index is 0.0877. The van der Waals surface area contributed by atoms with Gasteiger partial charge in [-0.1, -0.05) is 6.92 Å². The van der Waals surface area contributed by atoms with Crippen molar-refractivity contribution in [3.63, 3.8) is 0 Å². The monoisotopic (exact) mass is 279 g/mol. The van der Waals surface area contributed by atoms with Crippen molar-refractivity contribution in [1.29, 1.82) is 0 Å². The molecule has 1 aromatic carbocycles. The van der Waals surface area contributed by atoms with Crippen LogP contribution in [-0.4, -0.2) is 32.0 Å². The summed E-state index contributed by atoms with van der Waals surface area (Å²) in [6.45, 7) is 6.97. The molecule has 0 spiro atoms. The second-order valence-corrected chi connectivity index (χ2v) is 5.95. The van der Waals surface area contributed by atoms with Crippen molar-refractivity contribution in [3.8, 4) is 11.5 Å². The smallest absolute Gasteiger partial charge is 0.120 e. The molecular formula is C16H25NO3. The van der Waals surface area contributed by atoms with Crippen LogP contribution in [0.4, 0.5) is 0 Å². The molecule has 2 rings (SSSR count). The van der Waals surface area contributed by atoms with E-state index in [1.165, 1.54) is 0 Å². The first kappa shape index (κ1) is 15.1. The molecule has 0 aliphatic carbocycles. The molecule has 1 unspecified atom stereocenters. The van der Waals surface area contributed by atoms with Gasteiger partial charge in [-0.05, 0) is 43.4 Å². The zero-order valence-corrected chi connectivity index (χ0v) is 12.6. The Balaban J connectivity index is 1.99. The number of phenols is 1. The van der Waals surface area contributed by atoms with Crippen LogP contribution >= 0.6 is 0 Å². The largest absolute Gasteiger partial charge is 0.508 e. The van der Waals surface area contributed by atoms with Gasteiger partial charge in [0.1, 0.15) is 11.5 Å². The molecule has 20 heavy (non-hydrogen) atoms. The van der Waals surface area contributed by atoms with E-state index < -0.39 is 0 Å². The SMILES string of the molecule is COc1ccc(O)c(C(C)NCC2(C)CCOCC2)c1. The molecule has 1 aliphatic heterocycles. The zero-order valence-electron chi connectivity index (χ0n) is 12.6. The molecule has 0 amide bonds. The fraction of sp³-hybridized carbons (Fsp3) is 0.625. The van der Waals surface area contributed by atoms with E-state index in [2.05, 4.69) is 19.2 Å². The average molecular weight is 279 g/mol. The van der Waals surface area contributed by atoms with Crippen LogP contribution in [0.1, 0.15) is 38.3 Å². The van der Waals surface area contributed by atoms with Gasteiger partial charge in [-0.25, -0.2) is 0 Å². The molecule has 0 aromatic heterocycles. The van der Waals surface area contributed by atoms with E-state index in [4.69, 9.17) is 9.47 Å². The third kappa shape index (κ3) is 3.64. The van der Waals surface area contributed by atoms with E-state index in [1.54, 1.807) is 19.2 Å². The second kappa shape index (κ2) is 6.46. The number of benzene rings is 1. The Morgan fingerprint density at radius 2 is 2.10 bits per heavy atom. The van der Waals surface area contributed by atoms with Gasteiger partial charge in [0.2, 0.25) is 0 Å². The first-order chi connectivity index (χ1) is 9.54. The quantitative estimate of drug-likeness (QED) is 0.870. The molecule has 4 heteroatoms. The number of ether oxygens (including phenoxy) is 2. The first-order valence-electron chi connectivity index (χ1n) is 7.22. The highest BCUT2D eigenvalue weighted by Crippen LogP contribution is 2.32. The Kier molecular flexibility index (Phi) is 4.89. The average Bonchev–Trinajstić information content (AvgIpc) is 2.46. The van der Waals surface area contributed by atoms with E-state index in [9.17, 15) is 5.11 Å². The van der Waals surface area contributed by atoms with Crippen LogP contribution in [0, 0.1) is 5.41 Å². The van der Waals surface area contributed by atoms with Gasteiger partial charge in [-0.2, -0.15) is 0 Å². The number of methoxy groups -OCH3 is 1. The third-order valence-electron chi connectivity index (χ3n) is 4.24. The van der Waals surface area contributed by atoms with Crippen LogP contribution in [-0.2, 0) is 4.74 Å². The summed E-state index contributed by atoms with van der Waals surface area (Å²) in [7, 11) is 1.64. The summed E-state index contributed by atoms with van der Waals surface area (Å²) < 4.78 is 10.6. The summed E-state index contributed by atoms with van der Waals surface area (Å²) in [5.74, 6) is 1.08. The van der Waals surface area contributed by atoms with Gasteiger partial charge in [0.25, 0.3) is 0 Å². The Labute approximate surface area is 121 Å². The molecule has 4 nitrogen and oxygen atoms in total. The molecule has 1 aliphatic rings. The van der Waals surface area contributed by atoms with Crippen molar-refractivity contribution < 1.29 is 14.6 Å². The Hall–Kier alpha value is -1.26. The van der Waals surface area contributed by atoms with Crippen molar-refractivity contribution in [2.75, 3.05) is 26.9 Å². The fourth-order valence-corrected chi connectivity index (χ4v) is 2.56. The molecule has 1 atom stereocenters. The topological polar surface area (TPSA) is 50.7 Å². The minimum Gasteiger partial charge on any atom is -0.508 e. The Bertz CT molecular complexity index is 441. The molecule has 2 N–H and O–H groups in total. The van der Waals surface area contributed by atoms with E-state index in [-0.39, 0.29) is 11.5 Å². The van der Waals surface area contributed by atoms with Crippen LogP contribution < -0.4 is 10.1 Å². The highest BCUT2D eigenvalue weighted by Gasteiger charge is 2.27. The number of phenolic OH excluding ortho intramolecular Hbond substituents is 1. The third-order valence-corrected chi connectivity index (χ3v) is 4.24. The lowest BCUT2D eigenvalue weighted by molar-refractivity contribution is 0.0230. The van der Waals surface area contributed by atoms with E-state index in [1.807, 2.05) is 6.07 Å². The lowest BCUT2D eigenvalue weighted by atomic mass is 9.82. The maximum Gasteiger partial charge on any atom is 0.120 e. The van der Waals surface area contributed by atoms with Crippen LogP contribution in [0.5, 0.6) is 11.5 Å². The van der Waals surface area contributed by atoms with Crippen molar-refractivity contribution in [1.82, 2.24) is 5.32 Å². The van der Waals surface area contributed by atoms with Crippen LogP contribution in [0.15, 0.2) is 18.2 Å². The minimum atomic E-state index is 0.0877. The number of hydrogen-bond acceptors (Lipinski definition) is 4. The second-order valence-electron chi connectivity index (χ2n) is 5.95. The standard InChI is InChI=1S/C16H25NO3/c1-12(14-10-13(19-3)4-5-15(14)18)17-11-16(2)6-8-20-9-7-16/h4-5,10,12,17-18H,6-9,11H2,1-3H3. The summed E-state index contributed by atoms with van der Waals surface area (Å²) in [4.78, 5) is 0. The molecule has 0 bridgehead atoms. The fourth-order valence-electron chi connectivity index (χ4n) is 2.56. The first-order valence-corrected chi connectivity index (χ1v) is 7.22. The van der Waals surface area contributed by atoms with Gasteiger partial charge in [0.05, 0.1) is 7.11 Å². The lowest BCUT2D eigenvalue weighted by Crippen LogP contribution is -2.37. The molecule has 1 fully saturated rings. The lowest BCUT2D eigenvalue weighted by Gasteiger charge is -2.35. The van der Waals surface area contributed by atoms with Crippen LogP contribution in [0.25, 0.3) is 0 Å². The number of rotatable bonds is 5. The van der Waals surface area contributed by atoms with Crippen molar-refractivity contribution in [2.45, 2.75) is 32.7 Å². The maximum absolute atomic E-state index is 9.99. The van der Waals surface area contributed by atoms with E-state index >= 15 is 0 Å². The number of nitrogens with one attached hydrogen (secondary N) is 1.